The number of benzene rings is 2. The molecular formula is C17H16ClFN2O2S. The summed E-state index contributed by atoms with van der Waals surface area (Å²) in [5.74, 6) is -0.814. The molecule has 0 amide bonds. The molecule has 0 aliphatic carbocycles. The molecule has 0 saturated carbocycles. The first-order valence-electron chi connectivity index (χ1n) is 7.11. The molecule has 7 heteroatoms. The Labute approximate surface area is 150 Å². The molecule has 0 aliphatic rings. The molecule has 2 aromatic carbocycles. The summed E-state index contributed by atoms with van der Waals surface area (Å²) in [5.41, 5.74) is 1.74. The molecule has 126 valence electrons. The number of rotatable bonds is 4. The van der Waals surface area contributed by atoms with Crippen molar-refractivity contribution < 1.29 is 13.9 Å². The van der Waals surface area contributed by atoms with Crippen molar-refractivity contribution in [2.45, 2.75) is 13.0 Å². The van der Waals surface area contributed by atoms with Crippen LogP contribution in [0, 0.1) is 5.82 Å². The lowest BCUT2D eigenvalue weighted by Crippen LogP contribution is -2.31. The molecule has 4 nitrogen and oxygen atoms in total. The molecule has 1 atom stereocenters. The van der Waals surface area contributed by atoms with Gasteiger partial charge in [0, 0.05) is 5.69 Å². The van der Waals surface area contributed by atoms with Crippen molar-refractivity contribution in [3.05, 3.63) is 64.4 Å². The second-order valence-corrected chi connectivity index (χ2v) is 5.87. The van der Waals surface area contributed by atoms with Gasteiger partial charge >= 0.3 is 5.97 Å². The van der Waals surface area contributed by atoms with Gasteiger partial charge < -0.3 is 15.4 Å². The number of anilines is 1. The van der Waals surface area contributed by atoms with Crippen LogP contribution >= 0.6 is 23.8 Å². The van der Waals surface area contributed by atoms with Gasteiger partial charge in [-0.2, -0.15) is 0 Å². The average Bonchev–Trinajstić information content (AvgIpc) is 2.56. The molecule has 0 aromatic heterocycles. The summed E-state index contributed by atoms with van der Waals surface area (Å²) in [6.45, 7) is 1.91. The maximum absolute atomic E-state index is 13.0. The zero-order chi connectivity index (χ0) is 17.7. The van der Waals surface area contributed by atoms with Gasteiger partial charge in [0.05, 0.1) is 23.7 Å². The SMILES string of the molecule is COC(=O)c1cc(NC(=S)NC(C)c2ccc(F)cc2)ccc1Cl. The molecule has 0 radical (unpaired) electrons. The topological polar surface area (TPSA) is 50.4 Å². The fourth-order valence-corrected chi connectivity index (χ4v) is 2.56. The predicted molar refractivity (Wildman–Crippen MR) is 97.0 cm³/mol. The highest BCUT2D eigenvalue weighted by atomic mass is 35.5. The van der Waals surface area contributed by atoms with Crippen LogP contribution in [0.5, 0.6) is 0 Å². The summed E-state index contributed by atoms with van der Waals surface area (Å²) in [4.78, 5) is 11.6. The van der Waals surface area contributed by atoms with Gasteiger partial charge in [-0.15, -0.1) is 0 Å². The standard InChI is InChI=1S/C17H16ClFN2O2S/c1-10(11-3-5-12(19)6-4-11)20-17(24)21-13-7-8-15(18)14(9-13)16(22)23-2/h3-10H,1-2H3,(H2,20,21,24). The van der Waals surface area contributed by atoms with Gasteiger partial charge in [0.25, 0.3) is 0 Å². The monoisotopic (exact) mass is 366 g/mol. The Morgan fingerprint density at radius 2 is 1.92 bits per heavy atom. The Morgan fingerprint density at radius 3 is 2.54 bits per heavy atom. The van der Waals surface area contributed by atoms with E-state index in [0.717, 1.165) is 5.56 Å². The number of methoxy groups -OCH3 is 1. The minimum atomic E-state index is -0.526. The number of carbonyl (C=O) groups excluding carboxylic acids is 1. The number of esters is 1. The second kappa shape index (κ2) is 8.08. The largest absolute Gasteiger partial charge is 0.465 e. The molecule has 0 heterocycles. The minimum Gasteiger partial charge on any atom is -0.465 e. The van der Waals surface area contributed by atoms with Gasteiger partial charge in [0.1, 0.15) is 5.82 Å². The van der Waals surface area contributed by atoms with E-state index >= 15 is 0 Å². The molecule has 0 bridgehead atoms. The Morgan fingerprint density at radius 1 is 1.25 bits per heavy atom. The maximum atomic E-state index is 13.0. The fraction of sp³-hybridized carbons (Fsp3) is 0.176. The summed E-state index contributed by atoms with van der Waals surface area (Å²) in [6, 6.07) is 10.9. The Bertz CT molecular complexity index is 753. The van der Waals surface area contributed by atoms with Crippen LogP contribution in [0.25, 0.3) is 0 Å². The van der Waals surface area contributed by atoms with Crippen LogP contribution in [-0.4, -0.2) is 18.2 Å². The molecule has 0 aliphatic heterocycles. The molecule has 0 spiro atoms. The van der Waals surface area contributed by atoms with Crippen LogP contribution in [-0.2, 0) is 4.74 Å². The first kappa shape index (κ1) is 18.2. The van der Waals surface area contributed by atoms with E-state index in [1.165, 1.54) is 19.2 Å². The smallest absolute Gasteiger partial charge is 0.339 e. The van der Waals surface area contributed by atoms with Crippen molar-refractivity contribution in [2.24, 2.45) is 0 Å². The lowest BCUT2D eigenvalue weighted by Gasteiger charge is -2.18. The highest BCUT2D eigenvalue weighted by Crippen LogP contribution is 2.21. The summed E-state index contributed by atoms with van der Waals surface area (Å²) in [5, 5.41) is 6.73. The van der Waals surface area contributed by atoms with E-state index in [2.05, 4.69) is 15.4 Å². The summed E-state index contributed by atoms with van der Waals surface area (Å²) in [6.07, 6.45) is 0. The number of hydrogen-bond donors (Lipinski definition) is 2. The van der Waals surface area contributed by atoms with Gasteiger partial charge in [-0.1, -0.05) is 23.7 Å². The zero-order valence-electron chi connectivity index (χ0n) is 13.1. The van der Waals surface area contributed by atoms with Crippen LogP contribution in [0.4, 0.5) is 10.1 Å². The number of hydrogen-bond acceptors (Lipinski definition) is 3. The van der Waals surface area contributed by atoms with Crippen LogP contribution in [0.1, 0.15) is 28.9 Å². The normalized spacial score (nSPS) is 11.5. The molecular weight excluding hydrogens is 351 g/mol. The van der Waals surface area contributed by atoms with Gasteiger partial charge in [-0.05, 0) is 55.0 Å². The van der Waals surface area contributed by atoms with E-state index in [1.54, 1.807) is 30.3 Å². The summed E-state index contributed by atoms with van der Waals surface area (Å²) >= 11 is 11.2. The van der Waals surface area contributed by atoms with Crippen molar-refractivity contribution in [1.82, 2.24) is 5.32 Å². The third kappa shape index (κ3) is 4.66. The third-order valence-corrected chi connectivity index (χ3v) is 3.90. The highest BCUT2D eigenvalue weighted by molar-refractivity contribution is 7.80. The predicted octanol–water partition coefficient (Wildman–Crippen LogP) is 4.31. The van der Waals surface area contributed by atoms with Crippen molar-refractivity contribution in [2.75, 3.05) is 12.4 Å². The summed E-state index contributed by atoms with van der Waals surface area (Å²) in [7, 11) is 1.29. The number of nitrogens with one attached hydrogen (secondary N) is 2. The summed E-state index contributed by atoms with van der Waals surface area (Å²) < 4.78 is 17.6. The molecule has 24 heavy (non-hydrogen) atoms. The van der Waals surface area contributed by atoms with Gasteiger partial charge in [-0.25, -0.2) is 9.18 Å². The Hall–Kier alpha value is -2.18. The Balaban J connectivity index is 2.04. The first-order chi connectivity index (χ1) is 11.4. The van der Waals surface area contributed by atoms with Crippen LogP contribution < -0.4 is 10.6 Å². The van der Waals surface area contributed by atoms with E-state index in [0.29, 0.717) is 15.8 Å². The number of thiocarbonyl (C=S) groups is 1. The van der Waals surface area contributed by atoms with Gasteiger partial charge in [-0.3, -0.25) is 0 Å². The van der Waals surface area contributed by atoms with E-state index in [1.807, 2.05) is 6.92 Å². The fourth-order valence-electron chi connectivity index (χ4n) is 2.07. The van der Waals surface area contributed by atoms with Crippen molar-refractivity contribution in [1.29, 1.82) is 0 Å². The first-order valence-corrected chi connectivity index (χ1v) is 7.90. The molecule has 2 rings (SSSR count). The lowest BCUT2D eigenvalue weighted by molar-refractivity contribution is 0.0601. The number of halogens is 2. The van der Waals surface area contributed by atoms with Crippen LogP contribution in [0.15, 0.2) is 42.5 Å². The molecule has 2 N–H and O–H groups in total. The van der Waals surface area contributed by atoms with Crippen molar-refractivity contribution in [3.63, 3.8) is 0 Å². The van der Waals surface area contributed by atoms with E-state index in [-0.39, 0.29) is 17.4 Å². The molecule has 1 unspecified atom stereocenters. The lowest BCUT2D eigenvalue weighted by atomic mass is 10.1. The molecule has 0 saturated heterocycles. The quantitative estimate of drug-likeness (QED) is 0.623. The Kier molecular flexibility index (Phi) is 6.11. The molecule has 0 fully saturated rings. The van der Waals surface area contributed by atoms with Crippen molar-refractivity contribution in [3.8, 4) is 0 Å². The van der Waals surface area contributed by atoms with Crippen LogP contribution in [0.3, 0.4) is 0 Å². The van der Waals surface area contributed by atoms with Crippen molar-refractivity contribution >= 4 is 40.6 Å². The minimum absolute atomic E-state index is 0.113. The van der Waals surface area contributed by atoms with E-state index in [9.17, 15) is 9.18 Å². The van der Waals surface area contributed by atoms with E-state index < -0.39 is 5.97 Å². The highest BCUT2D eigenvalue weighted by Gasteiger charge is 2.12. The maximum Gasteiger partial charge on any atom is 0.339 e. The van der Waals surface area contributed by atoms with Gasteiger partial charge in [0.15, 0.2) is 5.11 Å². The van der Waals surface area contributed by atoms with E-state index in [4.69, 9.17) is 23.8 Å². The van der Waals surface area contributed by atoms with Crippen LogP contribution in [0.2, 0.25) is 5.02 Å². The molecule has 2 aromatic rings. The zero-order valence-corrected chi connectivity index (χ0v) is 14.7. The third-order valence-electron chi connectivity index (χ3n) is 3.35. The number of ether oxygens (including phenoxy) is 1. The number of carbonyl (C=O) groups is 1. The average molecular weight is 367 g/mol. The second-order valence-electron chi connectivity index (χ2n) is 5.06. The van der Waals surface area contributed by atoms with Gasteiger partial charge in [0.2, 0.25) is 0 Å².